The molecule has 0 atom stereocenters. The molecule has 34 heavy (non-hydrogen) atoms. The third kappa shape index (κ3) is 5.75. The van der Waals surface area contributed by atoms with E-state index < -0.39 is 0 Å². The lowest BCUT2D eigenvalue weighted by Gasteiger charge is -2.32. The summed E-state index contributed by atoms with van der Waals surface area (Å²) in [5.74, 6) is 2.20. The number of para-hydroxylation sites is 1. The third-order valence-electron chi connectivity index (χ3n) is 6.12. The molecule has 178 valence electrons. The van der Waals surface area contributed by atoms with Crippen molar-refractivity contribution in [3.05, 3.63) is 77.9 Å². The van der Waals surface area contributed by atoms with Crippen molar-refractivity contribution in [3.63, 3.8) is 0 Å². The van der Waals surface area contributed by atoms with Crippen LogP contribution in [0.5, 0.6) is 11.5 Å². The lowest BCUT2D eigenvalue weighted by molar-refractivity contribution is -0.131. The molecule has 0 unspecified atom stereocenters. The van der Waals surface area contributed by atoms with Crippen LogP contribution in [0, 0.1) is 0 Å². The molecule has 2 heterocycles. The fourth-order valence-electron chi connectivity index (χ4n) is 4.05. The lowest BCUT2D eigenvalue weighted by Crippen LogP contribution is -2.47. The number of aromatic nitrogens is 2. The third-order valence-corrected chi connectivity index (χ3v) is 6.12. The second-order valence-corrected chi connectivity index (χ2v) is 8.38. The molecule has 1 N–H and O–H groups in total. The Balaban J connectivity index is 1.23. The number of rotatable bonds is 8. The molecule has 1 aliphatic rings. The van der Waals surface area contributed by atoms with Crippen LogP contribution in [0.15, 0.2) is 60.9 Å². The van der Waals surface area contributed by atoms with E-state index in [1.807, 2.05) is 47.0 Å². The van der Waals surface area contributed by atoms with Crippen LogP contribution in [0.1, 0.15) is 34.6 Å². The van der Waals surface area contributed by atoms with Gasteiger partial charge in [-0.05, 0) is 43.2 Å². The van der Waals surface area contributed by atoms with Crippen molar-refractivity contribution in [2.45, 2.75) is 31.9 Å². The number of methoxy groups -OCH3 is 1. The predicted octanol–water partition coefficient (Wildman–Crippen LogP) is 2.97. The zero-order valence-electron chi connectivity index (χ0n) is 19.6. The fourth-order valence-corrected chi connectivity index (χ4v) is 4.05. The van der Waals surface area contributed by atoms with Crippen molar-refractivity contribution in [2.75, 3.05) is 20.2 Å². The number of piperidine rings is 1. The molecule has 3 aromatic rings. The standard InChI is InChI=1S/C26H30N4O4/c1-29-16-13-27-24(29)18-34-22-9-7-19(8-10-22)26(32)28-21-11-14-30(15-12-21)25(31)17-20-5-3-4-6-23(20)33-2/h3-10,13,16,21H,11-12,14-15,17-18H2,1-2H3,(H,28,32). The van der Waals surface area contributed by atoms with Crippen LogP contribution in [0.2, 0.25) is 0 Å². The minimum atomic E-state index is -0.116. The highest BCUT2D eigenvalue weighted by atomic mass is 16.5. The fraction of sp³-hybridized carbons (Fsp3) is 0.346. The highest BCUT2D eigenvalue weighted by Gasteiger charge is 2.24. The maximum atomic E-state index is 12.7. The van der Waals surface area contributed by atoms with Crippen LogP contribution >= 0.6 is 0 Å². The number of carbonyl (C=O) groups excluding carboxylic acids is 2. The number of nitrogens with zero attached hydrogens (tertiary/aromatic N) is 3. The predicted molar refractivity (Wildman–Crippen MR) is 128 cm³/mol. The lowest BCUT2D eigenvalue weighted by atomic mass is 10.0. The first-order valence-electron chi connectivity index (χ1n) is 11.4. The van der Waals surface area contributed by atoms with Gasteiger partial charge in [-0.25, -0.2) is 4.98 Å². The van der Waals surface area contributed by atoms with Gasteiger partial charge in [0.25, 0.3) is 5.91 Å². The molecule has 1 saturated heterocycles. The van der Waals surface area contributed by atoms with Crippen LogP contribution < -0.4 is 14.8 Å². The summed E-state index contributed by atoms with van der Waals surface area (Å²) in [6, 6.07) is 14.7. The van der Waals surface area contributed by atoms with Crippen LogP contribution in [0.3, 0.4) is 0 Å². The Hall–Kier alpha value is -3.81. The van der Waals surface area contributed by atoms with Gasteiger partial charge in [0.15, 0.2) is 0 Å². The largest absolute Gasteiger partial charge is 0.496 e. The Morgan fingerprint density at radius 1 is 1.09 bits per heavy atom. The topological polar surface area (TPSA) is 85.7 Å². The van der Waals surface area contributed by atoms with Gasteiger partial charge < -0.3 is 24.3 Å². The van der Waals surface area contributed by atoms with Crippen molar-refractivity contribution in [1.29, 1.82) is 0 Å². The number of amides is 2. The van der Waals surface area contributed by atoms with E-state index in [-0.39, 0.29) is 17.9 Å². The van der Waals surface area contributed by atoms with Gasteiger partial charge in [-0.2, -0.15) is 0 Å². The molecule has 1 aromatic heterocycles. The summed E-state index contributed by atoms with van der Waals surface area (Å²) in [7, 11) is 3.53. The molecular formula is C26H30N4O4. The molecule has 0 spiro atoms. The molecule has 2 amide bonds. The van der Waals surface area contributed by atoms with Gasteiger partial charge in [-0.3, -0.25) is 9.59 Å². The molecule has 4 rings (SSSR count). The Morgan fingerprint density at radius 3 is 2.50 bits per heavy atom. The maximum absolute atomic E-state index is 12.7. The SMILES string of the molecule is COc1ccccc1CC(=O)N1CCC(NC(=O)c2ccc(OCc3nccn3C)cc2)CC1. The highest BCUT2D eigenvalue weighted by molar-refractivity contribution is 5.94. The number of ether oxygens (including phenoxy) is 2. The number of hydrogen-bond donors (Lipinski definition) is 1. The van der Waals surface area contributed by atoms with E-state index in [9.17, 15) is 9.59 Å². The van der Waals surface area contributed by atoms with Gasteiger partial charge in [0, 0.05) is 49.7 Å². The summed E-state index contributed by atoms with van der Waals surface area (Å²) in [6.07, 6.45) is 5.37. The highest BCUT2D eigenvalue weighted by Crippen LogP contribution is 2.20. The Labute approximate surface area is 199 Å². The molecule has 8 heteroatoms. The van der Waals surface area contributed by atoms with Crippen molar-refractivity contribution < 1.29 is 19.1 Å². The summed E-state index contributed by atoms with van der Waals surface area (Å²) in [5, 5.41) is 3.09. The maximum Gasteiger partial charge on any atom is 0.251 e. The van der Waals surface area contributed by atoms with Crippen molar-refractivity contribution in [2.24, 2.45) is 7.05 Å². The smallest absolute Gasteiger partial charge is 0.251 e. The van der Waals surface area contributed by atoms with Crippen molar-refractivity contribution in [1.82, 2.24) is 19.8 Å². The van der Waals surface area contributed by atoms with Gasteiger partial charge in [0.1, 0.15) is 23.9 Å². The van der Waals surface area contributed by atoms with E-state index in [1.54, 1.807) is 37.6 Å². The van der Waals surface area contributed by atoms with Crippen LogP contribution in [0.25, 0.3) is 0 Å². The van der Waals surface area contributed by atoms with E-state index in [1.165, 1.54) is 0 Å². The first-order chi connectivity index (χ1) is 16.5. The second-order valence-electron chi connectivity index (χ2n) is 8.38. The number of hydrogen-bond acceptors (Lipinski definition) is 5. The average Bonchev–Trinajstić information content (AvgIpc) is 3.28. The summed E-state index contributed by atoms with van der Waals surface area (Å²) < 4.78 is 13.0. The molecule has 0 aliphatic carbocycles. The van der Waals surface area contributed by atoms with E-state index >= 15 is 0 Å². The molecule has 0 radical (unpaired) electrons. The molecule has 0 bridgehead atoms. The van der Waals surface area contributed by atoms with E-state index in [2.05, 4.69) is 10.3 Å². The van der Waals surface area contributed by atoms with Crippen LogP contribution in [-0.2, 0) is 24.9 Å². The molecule has 2 aromatic carbocycles. The average molecular weight is 463 g/mol. The summed E-state index contributed by atoms with van der Waals surface area (Å²) >= 11 is 0. The van der Waals surface area contributed by atoms with Gasteiger partial charge >= 0.3 is 0 Å². The first kappa shape index (κ1) is 23.4. The Kier molecular flexibility index (Phi) is 7.47. The van der Waals surface area contributed by atoms with Gasteiger partial charge in [-0.1, -0.05) is 18.2 Å². The molecule has 0 saturated carbocycles. The minimum absolute atomic E-state index is 0.0437. The minimum Gasteiger partial charge on any atom is -0.496 e. The Morgan fingerprint density at radius 2 is 1.82 bits per heavy atom. The quantitative estimate of drug-likeness (QED) is 0.556. The zero-order chi connectivity index (χ0) is 23.9. The zero-order valence-corrected chi connectivity index (χ0v) is 19.6. The van der Waals surface area contributed by atoms with Crippen molar-refractivity contribution >= 4 is 11.8 Å². The van der Waals surface area contributed by atoms with Gasteiger partial charge in [0.2, 0.25) is 5.91 Å². The second kappa shape index (κ2) is 10.9. The van der Waals surface area contributed by atoms with Crippen molar-refractivity contribution in [3.8, 4) is 11.5 Å². The number of aryl methyl sites for hydroxylation is 1. The molecule has 1 fully saturated rings. The number of carbonyl (C=O) groups is 2. The van der Waals surface area contributed by atoms with Crippen LogP contribution in [0.4, 0.5) is 0 Å². The molecule has 8 nitrogen and oxygen atoms in total. The van der Waals surface area contributed by atoms with E-state index in [0.717, 1.165) is 30.0 Å². The summed E-state index contributed by atoms with van der Waals surface area (Å²) in [4.78, 5) is 31.5. The number of likely N-dealkylation sites (tertiary alicyclic amines) is 1. The van der Waals surface area contributed by atoms with Gasteiger partial charge in [0.05, 0.1) is 13.5 Å². The number of nitrogens with one attached hydrogen (secondary N) is 1. The summed E-state index contributed by atoms with van der Waals surface area (Å²) in [5.41, 5.74) is 1.47. The Bertz CT molecular complexity index is 1120. The van der Waals surface area contributed by atoms with E-state index in [0.29, 0.717) is 37.4 Å². The summed E-state index contributed by atoms with van der Waals surface area (Å²) in [6.45, 7) is 1.61. The van der Waals surface area contributed by atoms with Gasteiger partial charge in [-0.15, -0.1) is 0 Å². The molecule has 1 aliphatic heterocycles. The normalized spacial score (nSPS) is 14.0. The first-order valence-corrected chi connectivity index (χ1v) is 11.4. The number of imidazole rings is 1. The number of benzene rings is 2. The van der Waals surface area contributed by atoms with Crippen LogP contribution in [-0.4, -0.2) is 52.5 Å². The molecular weight excluding hydrogens is 432 g/mol. The van der Waals surface area contributed by atoms with E-state index in [4.69, 9.17) is 9.47 Å². The monoisotopic (exact) mass is 462 g/mol.